The third kappa shape index (κ3) is 4.04. The summed E-state index contributed by atoms with van der Waals surface area (Å²) in [5.41, 5.74) is 1.24. The Morgan fingerprint density at radius 1 is 1.35 bits per heavy atom. The molecule has 1 aromatic rings. The predicted octanol–water partition coefficient (Wildman–Crippen LogP) is 3.12. The van der Waals surface area contributed by atoms with E-state index in [1.807, 2.05) is 0 Å². The Hall–Kier alpha value is -1.02. The highest BCUT2D eigenvalue weighted by molar-refractivity contribution is 5.42. The summed E-state index contributed by atoms with van der Waals surface area (Å²) in [6.07, 6.45) is 4.02. The van der Waals surface area contributed by atoms with E-state index in [4.69, 9.17) is 0 Å². The summed E-state index contributed by atoms with van der Waals surface area (Å²) in [5.74, 6) is 1.69. The zero-order chi connectivity index (χ0) is 11.9. The van der Waals surface area contributed by atoms with Crippen LogP contribution in [0.15, 0.2) is 30.3 Å². The number of para-hydroxylation sites is 1. The monoisotopic (exact) mass is 232 g/mol. The molecule has 2 heteroatoms. The van der Waals surface area contributed by atoms with Gasteiger partial charge in [0.1, 0.15) is 0 Å². The fourth-order valence-corrected chi connectivity index (χ4v) is 2.60. The van der Waals surface area contributed by atoms with E-state index in [0.717, 1.165) is 18.4 Å². The van der Waals surface area contributed by atoms with Crippen molar-refractivity contribution < 1.29 is 0 Å². The van der Waals surface area contributed by atoms with Crippen molar-refractivity contribution in [2.75, 3.05) is 25.0 Å². The van der Waals surface area contributed by atoms with Crippen molar-refractivity contribution in [2.45, 2.75) is 26.2 Å². The third-order valence-corrected chi connectivity index (χ3v) is 3.84. The van der Waals surface area contributed by atoms with Crippen LogP contribution in [0.25, 0.3) is 0 Å². The first-order valence-electron chi connectivity index (χ1n) is 6.86. The smallest absolute Gasteiger partial charge is 0.0340 e. The Balaban J connectivity index is 1.67. The number of benzene rings is 1. The zero-order valence-corrected chi connectivity index (χ0v) is 10.8. The van der Waals surface area contributed by atoms with Gasteiger partial charge in [0, 0.05) is 12.2 Å². The number of hydrogen-bond acceptors (Lipinski definition) is 2. The molecule has 1 saturated heterocycles. The second-order valence-corrected chi connectivity index (χ2v) is 5.17. The van der Waals surface area contributed by atoms with E-state index in [0.29, 0.717) is 0 Å². The molecule has 1 heterocycles. The van der Waals surface area contributed by atoms with Gasteiger partial charge in [-0.3, -0.25) is 0 Å². The summed E-state index contributed by atoms with van der Waals surface area (Å²) in [6.45, 7) is 5.91. The summed E-state index contributed by atoms with van der Waals surface area (Å²) >= 11 is 0. The molecule has 0 aliphatic carbocycles. The summed E-state index contributed by atoms with van der Waals surface area (Å²) in [6, 6.07) is 10.5. The van der Waals surface area contributed by atoms with Gasteiger partial charge in [-0.1, -0.05) is 25.1 Å². The van der Waals surface area contributed by atoms with E-state index in [1.54, 1.807) is 0 Å². The van der Waals surface area contributed by atoms with E-state index in [9.17, 15) is 0 Å². The van der Waals surface area contributed by atoms with Gasteiger partial charge in [-0.25, -0.2) is 0 Å². The van der Waals surface area contributed by atoms with Crippen molar-refractivity contribution >= 4 is 5.69 Å². The molecule has 0 saturated carbocycles. The molecular formula is C15H24N2. The highest BCUT2D eigenvalue weighted by Crippen LogP contribution is 2.22. The van der Waals surface area contributed by atoms with E-state index in [-0.39, 0.29) is 0 Å². The normalized spacial score (nSPS) is 22.1. The topological polar surface area (TPSA) is 24.1 Å². The van der Waals surface area contributed by atoms with Gasteiger partial charge < -0.3 is 10.6 Å². The second-order valence-electron chi connectivity index (χ2n) is 5.17. The first-order chi connectivity index (χ1) is 8.36. The molecule has 2 atom stereocenters. The molecule has 1 aromatic carbocycles. The van der Waals surface area contributed by atoms with Crippen LogP contribution in [0.3, 0.4) is 0 Å². The molecule has 0 amide bonds. The lowest BCUT2D eigenvalue weighted by molar-refractivity contribution is 0.272. The van der Waals surface area contributed by atoms with Gasteiger partial charge in [-0.05, 0) is 56.3 Å². The fourth-order valence-electron chi connectivity index (χ4n) is 2.60. The number of rotatable bonds is 5. The molecule has 2 nitrogen and oxygen atoms in total. The number of piperidine rings is 1. The van der Waals surface area contributed by atoms with Crippen LogP contribution in [-0.2, 0) is 0 Å². The lowest BCUT2D eigenvalue weighted by Gasteiger charge is -2.28. The van der Waals surface area contributed by atoms with Crippen molar-refractivity contribution in [2.24, 2.45) is 11.8 Å². The molecule has 1 aliphatic heterocycles. The highest BCUT2D eigenvalue weighted by atomic mass is 14.9. The van der Waals surface area contributed by atoms with Crippen molar-refractivity contribution in [3.63, 3.8) is 0 Å². The molecular weight excluding hydrogens is 208 g/mol. The molecule has 1 aliphatic rings. The predicted molar refractivity (Wildman–Crippen MR) is 74.3 cm³/mol. The van der Waals surface area contributed by atoms with Crippen LogP contribution in [0.2, 0.25) is 0 Å². The highest BCUT2D eigenvalue weighted by Gasteiger charge is 2.19. The standard InChI is InChI=1S/C15H24N2/c1-13(14-6-5-10-16-12-14)9-11-17-15-7-3-2-4-8-15/h2-4,7-8,13-14,16-17H,5-6,9-12H2,1H3. The molecule has 0 radical (unpaired) electrons. The maximum absolute atomic E-state index is 3.50. The summed E-state index contributed by atoms with van der Waals surface area (Å²) in [4.78, 5) is 0. The first-order valence-corrected chi connectivity index (χ1v) is 6.86. The molecule has 0 bridgehead atoms. The maximum Gasteiger partial charge on any atom is 0.0340 e. The molecule has 1 fully saturated rings. The minimum absolute atomic E-state index is 0.819. The summed E-state index contributed by atoms with van der Waals surface area (Å²) in [5, 5.41) is 7.00. The molecule has 94 valence electrons. The Morgan fingerprint density at radius 3 is 2.88 bits per heavy atom. The minimum Gasteiger partial charge on any atom is -0.385 e. The lowest BCUT2D eigenvalue weighted by atomic mass is 9.85. The van der Waals surface area contributed by atoms with Crippen LogP contribution in [0.5, 0.6) is 0 Å². The van der Waals surface area contributed by atoms with Gasteiger partial charge in [-0.15, -0.1) is 0 Å². The number of hydrogen-bond donors (Lipinski definition) is 2. The van der Waals surface area contributed by atoms with Gasteiger partial charge >= 0.3 is 0 Å². The van der Waals surface area contributed by atoms with Crippen LogP contribution in [0.1, 0.15) is 26.2 Å². The zero-order valence-electron chi connectivity index (χ0n) is 10.8. The SMILES string of the molecule is CC(CCNc1ccccc1)C1CCCNC1. The van der Waals surface area contributed by atoms with Gasteiger partial charge in [0.05, 0.1) is 0 Å². The summed E-state index contributed by atoms with van der Waals surface area (Å²) < 4.78 is 0. The molecule has 17 heavy (non-hydrogen) atoms. The van der Waals surface area contributed by atoms with Gasteiger partial charge in [-0.2, -0.15) is 0 Å². The van der Waals surface area contributed by atoms with Crippen molar-refractivity contribution in [1.29, 1.82) is 0 Å². The summed E-state index contributed by atoms with van der Waals surface area (Å²) in [7, 11) is 0. The van der Waals surface area contributed by atoms with E-state index in [2.05, 4.69) is 47.9 Å². The number of anilines is 1. The average molecular weight is 232 g/mol. The lowest BCUT2D eigenvalue weighted by Crippen LogP contribution is -2.33. The minimum atomic E-state index is 0.819. The van der Waals surface area contributed by atoms with Crippen LogP contribution >= 0.6 is 0 Å². The maximum atomic E-state index is 3.50. The van der Waals surface area contributed by atoms with Gasteiger partial charge in [0.25, 0.3) is 0 Å². The van der Waals surface area contributed by atoms with Gasteiger partial charge in [0.15, 0.2) is 0 Å². The van der Waals surface area contributed by atoms with Crippen LogP contribution in [0, 0.1) is 11.8 Å². The fraction of sp³-hybridized carbons (Fsp3) is 0.600. The van der Waals surface area contributed by atoms with Crippen LogP contribution < -0.4 is 10.6 Å². The third-order valence-electron chi connectivity index (χ3n) is 3.84. The van der Waals surface area contributed by atoms with E-state index in [1.165, 1.54) is 38.0 Å². The molecule has 0 spiro atoms. The second kappa shape index (κ2) is 6.65. The Kier molecular flexibility index (Phi) is 4.87. The van der Waals surface area contributed by atoms with E-state index < -0.39 is 0 Å². The Labute approximate surface area is 105 Å². The van der Waals surface area contributed by atoms with Crippen molar-refractivity contribution in [1.82, 2.24) is 5.32 Å². The number of nitrogens with one attached hydrogen (secondary N) is 2. The van der Waals surface area contributed by atoms with Crippen LogP contribution in [-0.4, -0.2) is 19.6 Å². The Morgan fingerprint density at radius 2 is 2.18 bits per heavy atom. The molecule has 2 N–H and O–H groups in total. The quantitative estimate of drug-likeness (QED) is 0.815. The van der Waals surface area contributed by atoms with Gasteiger partial charge in [0.2, 0.25) is 0 Å². The van der Waals surface area contributed by atoms with Crippen molar-refractivity contribution in [3.8, 4) is 0 Å². The van der Waals surface area contributed by atoms with E-state index >= 15 is 0 Å². The first kappa shape index (κ1) is 12.4. The van der Waals surface area contributed by atoms with Crippen LogP contribution in [0.4, 0.5) is 5.69 Å². The largest absolute Gasteiger partial charge is 0.385 e. The molecule has 2 unspecified atom stereocenters. The van der Waals surface area contributed by atoms with Crippen molar-refractivity contribution in [3.05, 3.63) is 30.3 Å². The molecule has 0 aromatic heterocycles. The molecule has 2 rings (SSSR count). The average Bonchev–Trinajstić information content (AvgIpc) is 2.41. The Bertz CT molecular complexity index is 304.